The fourth-order valence-corrected chi connectivity index (χ4v) is 2.26. The number of halogens is 1. The molecule has 6 heteroatoms. The molecule has 1 saturated heterocycles. The van der Waals surface area contributed by atoms with Crippen molar-refractivity contribution in [3.63, 3.8) is 0 Å². The molecule has 1 heterocycles. The molecular weight excluding hydrogens is 352 g/mol. The minimum Gasteiger partial charge on any atom is -0.508 e. The molecule has 0 radical (unpaired) electrons. The van der Waals surface area contributed by atoms with Crippen molar-refractivity contribution in [2.75, 3.05) is 25.6 Å². The number of hydrogen-bond donors (Lipinski definition) is 4. The molecule has 2 aromatic rings. The molecule has 1 aliphatic rings. The molecule has 5 nitrogen and oxygen atoms in total. The lowest BCUT2D eigenvalue weighted by Crippen LogP contribution is -2.18. The Morgan fingerprint density at radius 1 is 0.923 bits per heavy atom. The largest absolute Gasteiger partial charge is 0.508 e. The Hall–Kier alpha value is -1.79. The summed E-state index contributed by atoms with van der Waals surface area (Å²) in [5, 5.41) is 18.6. The maximum atomic E-state index is 9.30. The zero-order valence-electron chi connectivity index (χ0n) is 15.4. The Morgan fingerprint density at radius 2 is 1.27 bits per heavy atom. The molecule has 0 saturated carbocycles. The predicted molar refractivity (Wildman–Crippen MR) is 107 cm³/mol. The summed E-state index contributed by atoms with van der Waals surface area (Å²) in [6.07, 6.45) is 0.400. The van der Waals surface area contributed by atoms with Gasteiger partial charge in [0.15, 0.2) is 0 Å². The van der Waals surface area contributed by atoms with Gasteiger partial charge in [-0.25, -0.2) is 0 Å². The summed E-state index contributed by atoms with van der Waals surface area (Å²) in [5.41, 5.74) is 11.9. The molecule has 144 valence electrons. The molecule has 1 aliphatic heterocycles. The average molecular weight is 381 g/mol. The lowest BCUT2D eigenvalue weighted by molar-refractivity contribution is 0.425. The van der Waals surface area contributed by atoms with Crippen LogP contribution >= 0.6 is 11.6 Å². The van der Waals surface area contributed by atoms with Crippen molar-refractivity contribution in [1.82, 2.24) is 0 Å². The second-order valence-electron chi connectivity index (χ2n) is 6.41. The van der Waals surface area contributed by atoms with Crippen LogP contribution in [0, 0.1) is 0 Å². The van der Waals surface area contributed by atoms with Crippen LogP contribution in [0.1, 0.15) is 25.0 Å². The van der Waals surface area contributed by atoms with Gasteiger partial charge >= 0.3 is 0 Å². The van der Waals surface area contributed by atoms with E-state index in [0.717, 1.165) is 17.7 Å². The highest BCUT2D eigenvalue weighted by Gasteiger charge is 2.22. The number of epoxide rings is 1. The number of rotatable bonds is 4. The van der Waals surface area contributed by atoms with Crippen LogP contribution < -0.4 is 11.5 Å². The Labute approximate surface area is 160 Å². The van der Waals surface area contributed by atoms with Crippen molar-refractivity contribution < 1.29 is 14.9 Å². The second-order valence-corrected chi connectivity index (χ2v) is 6.71. The molecule has 0 aliphatic carbocycles. The van der Waals surface area contributed by atoms with Crippen LogP contribution in [0.4, 0.5) is 0 Å². The molecule has 26 heavy (non-hydrogen) atoms. The molecule has 2 aromatic carbocycles. The summed E-state index contributed by atoms with van der Waals surface area (Å²) < 4.78 is 4.73. The molecule has 6 N–H and O–H groups in total. The highest BCUT2D eigenvalue weighted by Crippen LogP contribution is 2.32. The number of hydrogen-bond acceptors (Lipinski definition) is 5. The zero-order valence-corrected chi connectivity index (χ0v) is 16.1. The van der Waals surface area contributed by atoms with Gasteiger partial charge in [0.1, 0.15) is 11.5 Å². The lowest BCUT2D eigenvalue weighted by Gasteiger charge is -2.26. The van der Waals surface area contributed by atoms with Crippen molar-refractivity contribution >= 4 is 11.6 Å². The van der Waals surface area contributed by atoms with Crippen LogP contribution in [0.25, 0.3) is 0 Å². The maximum absolute atomic E-state index is 9.30. The summed E-state index contributed by atoms with van der Waals surface area (Å²) in [4.78, 5) is 0. The Kier molecular flexibility index (Phi) is 9.44. The van der Waals surface area contributed by atoms with Gasteiger partial charge in [-0.15, -0.1) is 11.6 Å². The highest BCUT2D eigenvalue weighted by molar-refractivity contribution is 6.18. The third-order valence-electron chi connectivity index (χ3n) is 3.92. The molecule has 0 spiro atoms. The number of phenols is 2. The van der Waals surface area contributed by atoms with Crippen molar-refractivity contribution in [3.05, 3.63) is 59.7 Å². The summed E-state index contributed by atoms with van der Waals surface area (Å²) >= 11 is 5.27. The standard InChI is InChI=1S/C15H16O2.C3H5ClO.C2H8N2/c1-15(2,11-3-7-13(16)8-4-11)12-5-9-14(17)10-6-12;4-1-3-2-5-3;3-1-2-4/h3-10,16-17H,1-2H3;3H,1-2H2;1-4H2. The second kappa shape index (κ2) is 11.0. The van der Waals surface area contributed by atoms with Crippen LogP contribution in [-0.2, 0) is 10.2 Å². The number of nitrogens with two attached hydrogens (primary N) is 2. The van der Waals surface area contributed by atoms with Gasteiger partial charge in [-0.05, 0) is 35.4 Å². The van der Waals surface area contributed by atoms with Crippen LogP contribution in [-0.4, -0.2) is 41.9 Å². The third kappa shape index (κ3) is 7.62. The van der Waals surface area contributed by atoms with Crippen LogP contribution in [0.2, 0.25) is 0 Å². The maximum Gasteiger partial charge on any atom is 0.115 e. The van der Waals surface area contributed by atoms with Crippen LogP contribution in [0.5, 0.6) is 11.5 Å². The number of aromatic hydroxyl groups is 2. The van der Waals surface area contributed by atoms with E-state index in [9.17, 15) is 10.2 Å². The SMILES string of the molecule is CC(C)(c1ccc(O)cc1)c1ccc(O)cc1.ClCC1CO1.NCCN. The monoisotopic (exact) mass is 380 g/mol. The van der Waals surface area contributed by atoms with Crippen molar-refractivity contribution in [2.45, 2.75) is 25.4 Å². The van der Waals surface area contributed by atoms with Crippen molar-refractivity contribution in [1.29, 1.82) is 0 Å². The fraction of sp³-hybridized carbons (Fsp3) is 0.400. The van der Waals surface area contributed by atoms with Crippen molar-refractivity contribution in [3.8, 4) is 11.5 Å². The topological polar surface area (TPSA) is 105 Å². The molecule has 3 rings (SSSR count). The van der Waals surface area contributed by atoms with E-state index in [2.05, 4.69) is 13.8 Å². The van der Waals surface area contributed by atoms with E-state index in [4.69, 9.17) is 27.8 Å². The summed E-state index contributed by atoms with van der Waals surface area (Å²) in [6.45, 7) is 6.31. The highest BCUT2D eigenvalue weighted by atomic mass is 35.5. The number of ether oxygens (including phenoxy) is 1. The molecule has 1 atom stereocenters. The van der Waals surface area contributed by atoms with Gasteiger partial charge in [-0.2, -0.15) is 0 Å². The smallest absolute Gasteiger partial charge is 0.115 e. The Balaban J connectivity index is 0.000000309. The summed E-state index contributed by atoms with van der Waals surface area (Å²) in [5.74, 6) is 1.21. The number of phenolic OH excluding ortho intramolecular Hbond substituents is 2. The first-order chi connectivity index (χ1) is 12.3. The van der Waals surface area contributed by atoms with Gasteiger partial charge in [0.25, 0.3) is 0 Å². The van der Waals surface area contributed by atoms with Gasteiger partial charge < -0.3 is 26.4 Å². The van der Waals surface area contributed by atoms with Gasteiger partial charge in [-0.1, -0.05) is 38.1 Å². The first kappa shape index (κ1) is 22.3. The molecule has 0 amide bonds. The van der Waals surface area contributed by atoms with Crippen molar-refractivity contribution in [2.24, 2.45) is 11.5 Å². The van der Waals surface area contributed by atoms with E-state index in [1.807, 2.05) is 24.3 Å². The first-order valence-electron chi connectivity index (χ1n) is 8.51. The van der Waals surface area contributed by atoms with E-state index in [0.29, 0.717) is 25.1 Å². The molecule has 0 aromatic heterocycles. The molecular formula is C20H29ClN2O3. The normalized spacial score (nSPS) is 15.2. The summed E-state index contributed by atoms with van der Waals surface area (Å²) in [6, 6.07) is 14.4. The number of alkyl halides is 1. The predicted octanol–water partition coefficient (Wildman–Crippen LogP) is 2.95. The first-order valence-corrected chi connectivity index (χ1v) is 9.05. The van der Waals surface area contributed by atoms with Crippen LogP contribution in [0.3, 0.4) is 0 Å². The number of benzene rings is 2. The van der Waals surface area contributed by atoms with E-state index in [-0.39, 0.29) is 16.9 Å². The van der Waals surface area contributed by atoms with Gasteiger partial charge in [0, 0.05) is 18.5 Å². The van der Waals surface area contributed by atoms with Crippen LogP contribution in [0.15, 0.2) is 48.5 Å². The summed E-state index contributed by atoms with van der Waals surface area (Å²) in [7, 11) is 0. The van der Waals surface area contributed by atoms with Gasteiger partial charge in [-0.3, -0.25) is 0 Å². The van der Waals surface area contributed by atoms with E-state index >= 15 is 0 Å². The average Bonchev–Trinajstić information content (AvgIpc) is 3.48. The fourth-order valence-electron chi connectivity index (χ4n) is 2.08. The third-order valence-corrected chi connectivity index (χ3v) is 4.26. The minimum atomic E-state index is -0.151. The van der Waals surface area contributed by atoms with Gasteiger partial charge in [0.05, 0.1) is 18.6 Å². The quantitative estimate of drug-likeness (QED) is 0.482. The van der Waals surface area contributed by atoms with E-state index in [1.165, 1.54) is 0 Å². The van der Waals surface area contributed by atoms with E-state index in [1.54, 1.807) is 24.3 Å². The lowest BCUT2D eigenvalue weighted by atomic mass is 9.78. The Morgan fingerprint density at radius 3 is 1.46 bits per heavy atom. The van der Waals surface area contributed by atoms with Gasteiger partial charge in [0.2, 0.25) is 0 Å². The molecule has 1 fully saturated rings. The zero-order chi connectivity index (χ0) is 19.6. The minimum absolute atomic E-state index is 0.151. The molecule has 0 bridgehead atoms. The Bertz CT molecular complexity index is 577. The molecule has 1 unspecified atom stereocenters. The van der Waals surface area contributed by atoms with E-state index < -0.39 is 0 Å².